The summed E-state index contributed by atoms with van der Waals surface area (Å²) in [4.78, 5) is 16.9. The van der Waals surface area contributed by atoms with E-state index in [0.717, 1.165) is 43.3 Å². The number of fused-ring (bicyclic) bond motifs is 1. The molecule has 0 saturated heterocycles. The van der Waals surface area contributed by atoms with Gasteiger partial charge >= 0.3 is 0 Å². The highest BCUT2D eigenvalue weighted by Gasteiger charge is 2.12. The third-order valence-electron chi connectivity index (χ3n) is 4.60. The minimum absolute atomic E-state index is 0.0817. The summed E-state index contributed by atoms with van der Waals surface area (Å²) in [5.41, 5.74) is 4.54. The Hall–Kier alpha value is -2.84. The fourth-order valence-corrected chi connectivity index (χ4v) is 4.11. The lowest BCUT2D eigenvalue weighted by Gasteiger charge is -2.07. The fourth-order valence-electron chi connectivity index (χ4n) is 3.09. The monoisotopic (exact) mass is 496 g/mol. The molecule has 8 heteroatoms. The lowest BCUT2D eigenvalue weighted by molar-refractivity contribution is -0.113. The number of ether oxygens (including phenoxy) is 1. The average Bonchev–Trinajstić information content (AvgIpc) is 3.20. The lowest BCUT2D eigenvalue weighted by atomic mass is 10.1. The van der Waals surface area contributed by atoms with Gasteiger partial charge in [-0.3, -0.25) is 4.79 Å². The number of nitrogens with zero attached hydrogens (tertiary/aromatic N) is 3. The maximum Gasteiger partial charge on any atom is 0.234 e. The number of hydrogen-bond donors (Lipinski definition) is 1. The van der Waals surface area contributed by atoms with Crippen molar-refractivity contribution < 1.29 is 9.53 Å². The normalized spacial score (nSPS) is 10.9. The Morgan fingerprint density at radius 1 is 1.19 bits per heavy atom. The van der Waals surface area contributed by atoms with Crippen molar-refractivity contribution in [1.82, 2.24) is 14.6 Å². The van der Waals surface area contributed by atoms with Crippen molar-refractivity contribution >= 4 is 44.8 Å². The predicted octanol–water partition coefficient (Wildman–Crippen LogP) is 5.60. The van der Waals surface area contributed by atoms with E-state index >= 15 is 0 Å². The molecule has 0 aliphatic carbocycles. The molecule has 1 N–H and O–H groups in total. The zero-order chi connectivity index (χ0) is 21.8. The minimum Gasteiger partial charge on any atom is -0.494 e. The van der Waals surface area contributed by atoms with Crippen LogP contribution in [0.2, 0.25) is 0 Å². The zero-order valence-corrected chi connectivity index (χ0v) is 19.5. The molecule has 2 aromatic heterocycles. The van der Waals surface area contributed by atoms with Gasteiger partial charge in [-0.25, -0.2) is 9.50 Å². The van der Waals surface area contributed by atoms with E-state index in [1.807, 2.05) is 68.6 Å². The Bertz CT molecular complexity index is 1220. The van der Waals surface area contributed by atoms with Crippen molar-refractivity contribution in [2.75, 3.05) is 17.7 Å². The maximum atomic E-state index is 12.4. The molecule has 2 aromatic carbocycles. The summed E-state index contributed by atoms with van der Waals surface area (Å²) < 4.78 is 8.31. The van der Waals surface area contributed by atoms with Crippen molar-refractivity contribution in [2.24, 2.45) is 0 Å². The Labute approximate surface area is 193 Å². The van der Waals surface area contributed by atoms with Gasteiger partial charge in [0.1, 0.15) is 10.8 Å². The Morgan fingerprint density at radius 3 is 2.74 bits per heavy atom. The second-order valence-electron chi connectivity index (χ2n) is 6.85. The van der Waals surface area contributed by atoms with Crippen LogP contribution < -0.4 is 10.1 Å². The highest BCUT2D eigenvalue weighted by Crippen LogP contribution is 2.27. The second-order valence-corrected chi connectivity index (χ2v) is 8.67. The quantitative estimate of drug-likeness (QED) is 0.337. The highest BCUT2D eigenvalue weighted by molar-refractivity contribution is 9.10. The smallest absolute Gasteiger partial charge is 0.234 e. The van der Waals surface area contributed by atoms with E-state index in [1.165, 1.54) is 11.8 Å². The molecule has 2 heterocycles. The van der Waals surface area contributed by atoms with Crippen LogP contribution in [0.4, 0.5) is 5.69 Å². The van der Waals surface area contributed by atoms with Crippen LogP contribution in [0.5, 0.6) is 5.75 Å². The topological polar surface area (TPSA) is 68.5 Å². The van der Waals surface area contributed by atoms with Crippen LogP contribution in [0.1, 0.15) is 12.5 Å². The number of aromatic nitrogens is 3. The Kier molecular flexibility index (Phi) is 6.58. The summed E-state index contributed by atoms with van der Waals surface area (Å²) in [5, 5.41) is 8.34. The van der Waals surface area contributed by atoms with Gasteiger partial charge in [0.2, 0.25) is 5.91 Å². The maximum absolute atomic E-state index is 12.4. The molecule has 0 fully saturated rings. The summed E-state index contributed by atoms with van der Waals surface area (Å²) in [7, 11) is 0. The largest absolute Gasteiger partial charge is 0.494 e. The van der Waals surface area contributed by atoms with Crippen LogP contribution in [0.25, 0.3) is 16.8 Å². The summed E-state index contributed by atoms with van der Waals surface area (Å²) in [6, 6.07) is 15.6. The summed E-state index contributed by atoms with van der Waals surface area (Å²) in [5.74, 6) is 1.01. The SMILES string of the molecule is CCOc1ccc(-c2cc3c(SCC(=O)Nc4ccc(Br)c(C)c4)nccn3n2)cc1. The van der Waals surface area contributed by atoms with Crippen molar-refractivity contribution in [3.05, 3.63) is 71.0 Å². The van der Waals surface area contributed by atoms with E-state index in [4.69, 9.17) is 4.74 Å². The van der Waals surface area contributed by atoms with Crippen molar-refractivity contribution in [2.45, 2.75) is 18.9 Å². The molecule has 0 bridgehead atoms. The molecule has 0 unspecified atom stereocenters. The predicted molar refractivity (Wildman–Crippen MR) is 128 cm³/mol. The molecule has 158 valence electrons. The number of aryl methyl sites for hydroxylation is 1. The van der Waals surface area contributed by atoms with Gasteiger partial charge in [-0.05, 0) is 67.9 Å². The Balaban J connectivity index is 1.47. The van der Waals surface area contributed by atoms with Gasteiger partial charge in [0.15, 0.2) is 0 Å². The third kappa shape index (κ3) is 5.08. The van der Waals surface area contributed by atoms with E-state index < -0.39 is 0 Å². The molecule has 0 saturated carbocycles. The molecule has 0 aliphatic heterocycles. The molecular formula is C23H21BrN4O2S. The summed E-state index contributed by atoms with van der Waals surface area (Å²) in [6.07, 6.45) is 3.50. The molecule has 4 rings (SSSR count). The number of anilines is 1. The molecule has 0 aliphatic rings. The van der Waals surface area contributed by atoms with Crippen LogP contribution >= 0.6 is 27.7 Å². The first kappa shape index (κ1) is 21.4. The average molecular weight is 497 g/mol. The Morgan fingerprint density at radius 2 is 2.00 bits per heavy atom. The van der Waals surface area contributed by atoms with E-state index in [2.05, 4.69) is 31.3 Å². The standard InChI is InChI=1S/C23H21BrN4O2S/c1-3-30-18-7-4-16(5-8-18)20-13-21-23(25-10-11-28(21)27-20)31-14-22(29)26-17-6-9-19(24)15(2)12-17/h4-13H,3,14H2,1-2H3,(H,26,29). The van der Waals surface area contributed by atoms with Crippen LogP contribution in [0.15, 0.2) is 70.4 Å². The number of hydrogen-bond acceptors (Lipinski definition) is 5. The molecule has 0 spiro atoms. The third-order valence-corrected chi connectivity index (χ3v) is 6.48. The van der Waals surface area contributed by atoms with Crippen LogP contribution in [0, 0.1) is 6.92 Å². The molecule has 0 radical (unpaired) electrons. The number of benzene rings is 2. The highest BCUT2D eigenvalue weighted by atomic mass is 79.9. The van der Waals surface area contributed by atoms with Crippen molar-refractivity contribution in [3.8, 4) is 17.0 Å². The van der Waals surface area contributed by atoms with E-state index in [1.54, 1.807) is 10.7 Å². The molecule has 6 nitrogen and oxygen atoms in total. The molecule has 31 heavy (non-hydrogen) atoms. The van der Waals surface area contributed by atoms with Gasteiger partial charge in [-0.15, -0.1) is 0 Å². The van der Waals surface area contributed by atoms with Gasteiger partial charge in [-0.2, -0.15) is 5.10 Å². The summed E-state index contributed by atoms with van der Waals surface area (Å²) >= 11 is 4.86. The van der Waals surface area contributed by atoms with E-state index in [-0.39, 0.29) is 11.7 Å². The first-order valence-corrected chi connectivity index (χ1v) is 11.6. The molecular weight excluding hydrogens is 476 g/mol. The number of rotatable bonds is 7. The number of carbonyl (C=O) groups is 1. The first-order valence-electron chi connectivity index (χ1n) is 9.80. The lowest BCUT2D eigenvalue weighted by Crippen LogP contribution is -2.14. The van der Waals surface area contributed by atoms with Gasteiger partial charge in [0.05, 0.1) is 23.6 Å². The van der Waals surface area contributed by atoms with Crippen LogP contribution in [-0.2, 0) is 4.79 Å². The van der Waals surface area contributed by atoms with Crippen molar-refractivity contribution in [1.29, 1.82) is 0 Å². The van der Waals surface area contributed by atoms with Gasteiger partial charge in [0, 0.05) is 28.1 Å². The van der Waals surface area contributed by atoms with E-state index in [0.29, 0.717) is 6.61 Å². The van der Waals surface area contributed by atoms with Crippen LogP contribution in [0.3, 0.4) is 0 Å². The fraction of sp³-hybridized carbons (Fsp3) is 0.174. The van der Waals surface area contributed by atoms with Gasteiger partial charge in [-0.1, -0.05) is 27.7 Å². The molecule has 1 amide bonds. The van der Waals surface area contributed by atoms with Crippen molar-refractivity contribution in [3.63, 3.8) is 0 Å². The van der Waals surface area contributed by atoms with Crippen LogP contribution in [-0.4, -0.2) is 32.9 Å². The second kappa shape index (κ2) is 9.53. The van der Waals surface area contributed by atoms with E-state index in [9.17, 15) is 4.79 Å². The number of nitrogens with one attached hydrogen (secondary N) is 1. The van der Waals surface area contributed by atoms with Gasteiger partial charge in [0.25, 0.3) is 0 Å². The number of amides is 1. The number of thioether (sulfide) groups is 1. The van der Waals surface area contributed by atoms with Gasteiger partial charge < -0.3 is 10.1 Å². The minimum atomic E-state index is -0.0817. The number of carbonyl (C=O) groups excluding carboxylic acids is 1. The molecule has 0 atom stereocenters. The summed E-state index contributed by atoms with van der Waals surface area (Å²) in [6.45, 7) is 4.58. The molecule has 4 aromatic rings. The number of halogens is 1. The zero-order valence-electron chi connectivity index (χ0n) is 17.1. The first-order chi connectivity index (χ1) is 15.0.